The third kappa shape index (κ3) is 4.00. The molecule has 134 valence electrons. The van der Waals surface area contributed by atoms with Gasteiger partial charge in [0.05, 0.1) is 25.5 Å². The monoisotopic (exact) mass is 373 g/mol. The molecule has 0 aliphatic heterocycles. The van der Waals surface area contributed by atoms with Crippen LogP contribution < -0.4 is 9.47 Å². The van der Waals surface area contributed by atoms with Gasteiger partial charge in [-0.15, -0.1) is 11.3 Å². The molecule has 7 heteroatoms. The smallest absolute Gasteiger partial charge is 0.338 e. The van der Waals surface area contributed by atoms with Crippen molar-refractivity contribution in [1.82, 2.24) is 4.98 Å². The van der Waals surface area contributed by atoms with Gasteiger partial charge in [0.25, 0.3) is 0 Å². The van der Waals surface area contributed by atoms with Crippen LogP contribution in [0.3, 0.4) is 0 Å². The highest BCUT2D eigenvalue weighted by Crippen LogP contribution is 2.26. The molecule has 1 aromatic heterocycles. The molecule has 1 heterocycles. The van der Waals surface area contributed by atoms with E-state index in [1.807, 2.05) is 29.6 Å². The number of halogens is 1. The van der Waals surface area contributed by atoms with E-state index in [-0.39, 0.29) is 17.9 Å². The van der Waals surface area contributed by atoms with Crippen LogP contribution in [0.2, 0.25) is 0 Å². The van der Waals surface area contributed by atoms with E-state index in [1.54, 1.807) is 7.11 Å². The van der Waals surface area contributed by atoms with Crippen LogP contribution >= 0.6 is 11.3 Å². The summed E-state index contributed by atoms with van der Waals surface area (Å²) in [4.78, 5) is 16.5. The molecule has 0 saturated heterocycles. The summed E-state index contributed by atoms with van der Waals surface area (Å²) in [5.74, 6) is -0.390. The fraction of sp³-hybridized carbons (Fsp3) is 0.158. The van der Waals surface area contributed by atoms with Gasteiger partial charge >= 0.3 is 5.97 Å². The summed E-state index contributed by atoms with van der Waals surface area (Å²) in [6.07, 6.45) is 0. The van der Waals surface area contributed by atoms with Crippen LogP contribution in [-0.4, -0.2) is 25.2 Å². The summed E-state index contributed by atoms with van der Waals surface area (Å²) in [6.45, 7) is 0.0130. The fourth-order valence-electron chi connectivity index (χ4n) is 2.26. The van der Waals surface area contributed by atoms with Crippen LogP contribution in [0, 0.1) is 5.82 Å². The van der Waals surface area contributed by atoms with Gasteiger partial charge in [0, 0.05) is 10.9 Å². The minimum absolute atomic E-state index is 0.0130. The zero-order chi connectivity index (χ0) is 18.5. The molecule has 3 aromatic rings. The zero-order valence-electron chi connectivity index (χ0n) is 14.2. The first kappa shape index (κ1) is 17.9. The lowest BCUT2D eigenvalue weighted by Crippen LogP contribution is -2.06. The maximum atomic E-state index is 13.7. The Morgan fingerprint density at radius 3 is 2.54 bits per heavy atom. The fourth-order valence-corrected chi connectivity index (χ4v) is 3.07. The highest BCUT2D eigenvalue weighted by molar-refractivity contribution is 7.13. The standard InChI is InChI=1S/C19H16FNO4S/c1-23-15-6-3-12(4-7-15)18-21-14(11-26-18)10-25-19(22)13-5-8-17(24-2)16(20)9-13/h3-9,11H,10H2,1-2H3. The summed E-state index contributed by atoms with van der Waals surface area (Å²) in [5, 5.41) is 2.63. The minimum Gasteiger partial charge on any atom is -0.497 e. The zero-order valence-corrected chi connectivity index (χ0v) is 15.0. The van der Waals surface area contributed by atoms with Crippen LogP contribution in [0.4, 0.5) is 4.39 Å². The normalized spacial score (nSPS) is 10.4. The first-order valence-corrected chi connectivity index (χ1v) is 8.58. The van der Waals surface area contributed by atoms with Gasteiger partial charge in [-0.25, -0.2) is 14.2 Å². The molecule has 0 fully saturated rings. The van der Waals surface area contributed by atoms with Crippen molar-refractivity contribution >= 4 is 17.3 Å². The van der Waals surface area contributed by atoms with Crippen LogP contribution in [0.25, 0.3) is 10.6 Å². The van der Waals surface area contributed by atoms with Crippen molar-refractivity contribution in [2.75, 3.05) is 14.2 Å². The van der Waals surface area contributed by atoms with E-state index in [0.717, 1.165) is 22.4 Å². The topological polar surface area (TPSA) is 57.7 Å². The Bertz CT molecular complexity index is 908. The molecule has 0 amide bonds. The van der Waals surface area contributed by atoms with Gasteiger partial charge in [-0.1, -0.05) is 0 Å². The molecule has 2 aromatic carbocycles. The molecule has 0 N–H and O–H groups in total. The Balaban J connectivity index is 1.64. The molecule has 26 heavy (non-hydrogen) atoms. The Labute approximate surface area is 154 Å². The van der Waals surface area contributed by atoms with Crippen LogP contribution in [0.1, 0.15) is 16.1 Å². The number of thiazole rings is 1. The summed E-state index contributed by atoms with van der Waals surface area (Å²) in [5.41, 5.74) is 1.70. The average Bonchev–Trinajstić information content (AvgIpc) is 3.15. The van der Waals surface area contributed by atoms with E-state index in [1.165, 1.54) is 30.6 Å². The number of aromatic nitrogens is 1. The lowest BCUT2D eigenvalue weighted by molar-refractivity contribution is 0.0468. The third-order valence-corrected chi connectivity index (χ3v) is 4.57. The van der Waals surface area contributed by atoms with Gasteiger partial charge in [0.15, 0.2) is 11.6 Å². The second-order valence-electron chi connectivity index (χ2n) is 5.30. The molecule has 0 aliphatic rings. The molecule has 0 aliphatic carbocycles. The van der Waals surface area contributed by atoms with Crippen molar-refractivity contribution in [3.63, 3.8) is 0 Å². The van der Waals surface area contributed by atoms with Crippen LogP contribution in [0.5, 0.6) is 11.5 Å². The summed E-state index contributed by atoms with van der Waals surface area (Å²) >= 11 is 1.45. The second-order valence-corrected chi connectivity index (χ2v) is 6.16. The molecule has 5 nitrogen and oxygen atoms in total. The lowest BCUT2D eigenvalue weighted by atomic mass is 10.2. The first-order chi connectivity index (χ1) is 12.6. The van der Waals surface area contributed by atoms with Crippen molar-refractivity contribution in [3.05, 3.63) is 64.9 Å². The first-order valence-electron chi connectivity index (χ1n) is 7.70. The molecule has 0 spiro atoms. The van der Waals surface area contributed by atoms with E-state index in [9.17, 15) is 9.18 Å². The predicted molar refractivity (Wildman–Crippen MR) is 96.2 cm³/mol. The minimum atomic E-state index is -0.620. The number of carbonyl (C=O) groups excluding carboxylic acids is 1. The van der Waals surface area contributed by atoms with Crippen molar-refractivity contribution in [3.8, 4) is 22.1 Å². The SMILES string of the molecule is COc1ccc(-c2nc(COC(=O)c3ccc(OC)c(F)c3)cs2)cc1. The molecule has 0 atom stereocenters. The lowest BCUT2D eigenvalue weighted by Gasteiger charge is -2.05. The Morgan fingerprint density at radius 2 is 1.88 bits per heavy atom. The van der Waals surface area contributed by atoms with Crippen molar-refractivity contribution in [1.29, 1.82) is 0 Å². The van der Waals surface area contributed by atoms with Crippen molar-refractivity contribution < 1.29 is 23.4 Å². The molecule has 0 radical (unpaired) electrons. The Hall–Kier alpha value is -2.93. The largest absolute Gasteiger partial charge is 0.497 e. The highest BCUT2D eigenvalue weighted by atomic mass is 32.1. The molecular weight excluding hydrogens is 357 g/mol. The Morgan fingerprint density at radius 1 is 1.12 bits per heavy atom. The molecule has 3 rings (SSSR count). The van der Waals surface area contributed by atoms with Gasteiger partial charge in [0.2, 0.25) is 0 Å². The van der Waals surface area contributed by atoms with E-state index in [0.29, 0.717) is 5.69 Å². The van der Waals surface area contributed by atoms with Crippen LogP contribution in [0.15, 0.2) is 47.8 Å². The number of hydrogen-bond donors (Lipinski definition) is 0. The Kier molecular flexibility index (Phi) is 5.48. The number of esters is 1. The van der Waals surface area contributed by atoms with E-state index in [2.05, 4.69) is 4.98 Å². The van der Waals surface area contributed by atoms with E-state index < -0.39 is 11.8 Å². The number of hydrogen-bond acceptors (Lipinski definition) is 6. The maximum absolute atomic E-state index is 13.7. The summed E-state index contributed by atoms with van der Waals surface area (Å²) < 4.78 is 28.8. The number of rotatable bonds is 6. The van der Waals surface area contributed by atoms with Gasteiger partial charge in [0.1, 0.15) is 17.4 Å². The highest BCUT2D eigenvalue weighted by Gasteiger charge is 2.13. The van der Waals surface area contributed by atoms with Gasteiger partial charge in [-0.05, 0) is 42.5 Å². The average molecular weight is 373 g/mol. The van der Waals surface area contributed by atoms with Gasteiger partial charge in [-0.3, -0.25) is 0 Å². The summed E-state index contributed by atoms with van der Waals surface area (Å²) in [7, 11) is 2.97. The van der Waals surface area contributed by atoms with Crippen molar-refractivity contribution in [2.24, 2.45) is 0 Å². The number of nitrogens with zero attached hydrogens (tertiary/aromatic N) is 1. The second kappa shape index (κ2) is 7.97. The molecule has 0 bridgehead atoms. The van der Waals surface area contributed by atoms with Crippen LogP contribution in [-0.2, 0) is 11.3 Å². The quantitative estimate of drug-likeness (QED) is 0.602. The van der Waals surface area contributed by atoms with E-state index >= 15 is 0 Å². The maximum Gasteiger partial charge on any atom is 0.338 e. The molecule has 0 saturated carbocycles. The van der Waals surface area contributed by atoms with Gasteiger partial charge < -0.3 is 14.2 Å². The van der Waals surface area contributed by atoms with E-state index in [4.69, 9.17) is 14.2 Å². The van der Waals surface area contributed by atoms with Gasteiger partial charge in [-0.2, -0.15) is 0 Å². The molecular formula is C19H16FNO4S. The summed E-state index contributed by atoms with van der Waals surface area (Å²) in [6, 6.07) is 11.5. The number of benzene rings is 2. The number of methoxy groups -OCH3 is 2. The molecule has 0 unspecified atom stereocenters. The number of ether oxygens (including phenoxy) is 3. The predicted octanol–water partition coefficient (Wildman–Crippen LogP) is 4.32. The van der Waals surface area contributed by atoms with Crippen molar-refractivity contribution in [2.45, 2.75) is 6.61 Å². The third-order valence-electron chi connectivity index (χ3n) is 3.63. The number of carbonyl (C=O) groups is 1.